The van der Waals surface area contributed by atoms with Gasteiger partial charge >= 0.3 is 0 Å². The normalized spacial score (nSPS) is 12.5. The Morgan fingerprint density at radius 3 is 2.47 bits per heavy atom. The second kappa shape index (κ2) is 7.95. The fraction of sp³-hybridized carbons (Fsp3) is 0.562. The van der Waals surface area contributed by atoms with E-state index in [9.17, 15) is 4.79 Å². The maximum absolute atomic E-state index is 12.0. The van der Waals surface area contributed by atoms with Crippen LogP contribution in [0.25, 0.3) is 0 Å². The molecule has 19 heavy (non-hydrogen) atoms. The molecule has 0 spiro atoms. The summed E-state index contributed by atoms with van der Waals surface area (Å²) in [5, 5.41) is 0. The van der Waals surface area contributed by atoms with Crippen LogP contribution in [0.4, 0.5) is 0 Å². The first-order chi connectivity index (χ1) is 9.00. The van der Waals surface area contributed by atoms with Crippen molar-refractivity contribution in [2.24, 2.45) is 11.7 Å². The van der Waals surface area contributed by atoms with E-state index in [-0.39, 0.29) is 11.9 Å². The van der Waals surface area contributed by atoms with E-state index in [2.05, 4.69) is 26.0 Å². The third-order valence-electron chi connectivity index (χ3n) is 3.22. The number of benzene rings is 1. The Labute approximate surface area is 116 Å². The van der Waals surface area contributed by atoms with Crippen LogP contribution >= 0.6 is 0 Å². The van der Waals surface area contributed by atoms with Crippen molar-refractivity contribution in [2.45, 2.75) is 39.2 Å². The Bertz CT molecular complexity index is 376. The van der Waals surface area contributed by atoms with Crippen molar-refractivity contribution < 1.29 is 4.79 Å². The molecule has 0 aliphatic carbocycles. The Kier molecular flexibility index (Phi) is 6.57. The van der Waals surface area contributed by atoms with Gasteiger partial charge in [-0.3, -0.25) is 4.79 Å². The lowest BCUT2D eigenvalue weighted by Crippen LogP contribution is -2.42. The molecule has 2 N–H and O–H groups in total. The van der Waals surface area contributed by atoms with Crippen LogP contribution in [0.2, 0.25) is 0 Å². The first-order valence-electron chi connectivity index (χ1n) is 7.05. The molecule has 0 aliphatic heterocycles. The quantitative estimate of drug-likeness (QED) is 0.820. The fourth-order valence-corrected chi connectivity index (χ4v) is 2.17. The molecule has 1 unspecified atom stereocenters. The third-order valence-corrected chi connectivity index (χ3v) is 3.22. The lowest BCUT2D eigenvalue weighted by atomic mass is 10.0. The smallest absolute Gasteiger partial charge is 0.239 e. The number of hydrogen-bond acceptors (Lipinski definition) is 2. The number of nitrogens with two attached hydrogens (primary N) is 1. The van der Waals surface area contributed by atoms with E-state index < -0.39 is 0 Å². The molecule has 1 aromatic rings. The van der Waals surface area contributed by atoms with Crippen LogP contribution in [0.3, 0.4) is 0 Å². The Morgan fingerprint density at radius 1 is 1.26 bits per heavy atom. The van der Waals surface area contributed by atoms with Gasteiger partial charge in [0.15, 0.2) is 0 Å². The minimum absolute atomic E-state index is 0.0572. The average molecular weight is 262 g/mol. The molecule has 106 valence electrons. The Balaban J connectivity index is 2.30. The number of rotatable bonds is 7. The van der Waals surface area contributed by atoms with Gasteiger partial charge in [-0.25, -0.2) is 0 Å². The van der Waals surface area contributed by atoms with Gasteiger partial charge < -0.3 is 10.6 Å². The largest absolute Gasteiger partial charge is 0.344 e. The number of aryl methyl sites for hydroxylation is 1. The summed E-state index contributed by atoms with van der Waals surface area (Å²) in [6, 6.07) is 9.98. The highest BCUT2D eigenvalue weighted by atomic mass is 16.2. The zero-order valence-corrected chi connectivity index (χ0v) is 12.3. The van der Waals surface area contributed by atoms with E-state index in [1.54, 1.807) is 4.90 Å². The highest BCUT2D eigenvalue weighted by Gasteiger charge is 2.18. The van der Waals surface area contributed by atoms with Crippen molar-refractivity contribution in [2.75, 3.05) is 13.6 Å². The third kappa shape index (κ3) is 5.88. The van der Waals surface area contributed by atoms with Gasteiger partial charge in [0.05, 0.1) is 6.04 Å². The Morgan fingerprint density at radius 2 is 1.89 bits per heavy atom. The molecule has 0 aromatic heterocycles. The maximum Gasteiger partial charge on any atom is 0.239 e. The predicted octanol–water partition coefficient (Wildman–Crippen LogP) is 2.45. The summed E-state index contributed by atoms with van der Waals surface area (Å²) in [5.74, 6) is 0.512. The van der Waals surface area contributed by atoms with Crippen molar-refractivity contribution in [1.29, 1.82) is 0 Å². The van der Waals surface area contributed by atoms with Crippen LogP contribution < -0.4 is 5.73 Å². The predicted molar refractivity (Wildman–Crippen MR) is 79.8 cm³/mol. The maximum atomic E-state index is 12.0. The van der Waals surface area contributed by atoms with Crippen LogP contribution in [-0.2, 0) is 11.2 Å². The molecule has 0 saturated carbocycles. The van der Waals surface area contributed by atoms with Crippen molar-refractivity contribution in [3.8, 4) is 0 Å². The highest BCUT2D eigenvalue weighted by Crippen LogP contribution is 2.07. The van der Waals surface area contributed by atoms with E-state index in [1.807, 2.05) is 25.2 Å². The van der Waals surface area contributed by atoms with Crippen molar-refractivity contribution >= 4 is 5.91 Å². The second-order valence-corrected chi connectivity index (χ2v) is 5.58. The molecular formula is C16H26N2O. The highest BCUT2D eigenvalue weighted by molar-refractivity contribution is 5.81. The van der Waals surface area contributed by atoms with Crippen LogP contribution in [0, 0.1) is 5.92 Å². The SMILES string of the molecule is CC(C)CC(N)C(=O)N(C)CCCc1ccccc1. The van der Waals surface area contributed by atoms with E-state index in [0.717, 1.165) is 25.8 Å². The standard InChI is InChI=1S/C16H26N2O/c1-13(2)12-15(17)16(19)18(3)11-7-10-14-8-5-4-6-9-14/h4-6,8-9,13,15H,7,10-12,17H2,1-3H3. The first kappa shape index (κ1) is 15.7. The number of carbonyl (C=O) groups is 1. The van der Waals surface area contributed by atoms with E-state index in [4.69, 9.17) is 5.73 Å². The molecule has 0 heterocycles. The van der Waals surface area contributed by atoms with Crippen molar-refractivity contribution in [3.63, 3.8) is 0 Å². The number of likely N-dealkylation sites (N-methyl/N-ethyl adjacent to an activating group) is 1. The molecule has 0 fully saturated rings. The topological polar surface area (TPSA) is 46.3 Å². The van der Waals surface area contributed by atoms with Gasteiger partial charge in [0.1, 0.15) is 0 Å². The van der Waals surface area contributed by atoms with E-state index >= 15 is 0 Å². The van der Waals surface area contributed by atoms with Gasteiger partial charge in [-0.05, 0) is 30.7 Å². The van der Waals surface area contributed by atoms with Gasteiger partial charge in [-0.2, -0.15) is 0 Å². The van der Waals surface area contributed by atoms with E-state index in [0.29, 0.717) is 5.92 Å². The molecule has 0 saturated heterocycles. The number of hydrogen-bond donors (Lipinski definition) is 1. The fourth-order valence-electron chi connectivity index (χ4n) is 2.17. The Hall–Kier alpha value is -1.35. The monoisotopic (exact) mass is 262 g/mol. The summed E-state index contributed by atoms with van der Waals surface area (Å²) < 4.78 is 0. The van der Waals surface area contributed by atoms with Crippen LogP contribution in [0.1, 0.15) is 32.3 Å². The van der Waals surface area contributed by atoms with Crippen molar-refractivity contribution in [3.05, 3.63) is 35.9 Å². The van der Waals surface area contributed by atoms with Crippen molar-refractivity contribution in [1.82, 2.24) is 4.90 Å². The average Bonchev–Trinajstić information content (AvgIpc) is 2.38. The molecule has 0 aliphatic rings. The van der Waals surface area contributed by atoms with Crippen LogP contribution in [0.15, 0.2) is 30.3 Å². The summed E-state index contributed by atoms with van der Waals surface area (Å²) >= 11 is 0. The molecule has 1 aromatic carbocycles. The summed E-state index contributed by atoms with van der Waals surface area (Å²) in [6.45, 7) is 4.94. The van der Waals surface area contributed by atoms with Gasteiger partial charge in [0.2, 0.25) is 5.91 Å². The zero-order valence-electron chi connectivity index (χ0n) is 12.3. The van der Waals surface area contributed by atoms with Gasteiger partial charge in [-0.1, -0.05) is 44.2 Å². The van der Waals surface area contributed by atoms with Gasteiger partial charge in [0.25, 0.3) is 0 Å². The molecule has 1 atom stereocenters. The number of amides is 1. The number of nitrogens with zero attached hydrogens (tertiary/aromatic N) is 1. The molecule has 0 bridgehead atoms. The summed E-state index contributed by atoms with van der Waals surface area (Å²) in [5.41, 5.74) is 7.23. The lowest BCUT2D eigenvalue weighted by molar-refractivity contribution is -0.131. The number of carbonyl (C=O) groups excluding carboxylic acids is 1. The molecule has 3 heteroatoms. The molecular weight excluding hydrogens is 236 g/mol. The van der Waals surface area contributed by atoms with Gasteiger partial charge in [0, 0.05) is 13.6 Å². The summed E-state index contributed by atoms with van der Waals surface area (Å²) in [4.78, 5) is 13.8. The first-order valence-corrected chi connectivity index (χ1v) is 7.05. The molecule has 0 radical (unpaired) electrons. The molecule has 1 rings (SSSR count). The van der Waals surface area contributed by atoms with Crippen LogP contribution in [0.5, 0.6) is 0 Å². The van der Waals surface area contributed by atoms with Crippen LogP contribution in [-0.4, -0.2) is 30.4 Å². The lowest BCUT2D eigenvalue weighted by Gasteiger charge is -2.22. The molecule has 3 nitrogen and oxygen atoms in total. The molecule has 1 amide bonds. The summed E-state index contributed by atoms with van der Waals surface area (Å²) in [7, 11) is 1.84. The second-order valence-electron chi connectivity index (χ2n) is 5.58. The minimum Gasteiger partial charge on any atom is -0.344 e. The van der Waals surface area contributed by atoms with Gasteiger partial charge in [-0.15, -0.1) is 0 Å². The zero-order chi connectivity index (χ0) is 14.3. The summed E-state index contributed by atoms with van der Waals surface area (Å²) in [6.07, 6.45) is 2.72. The minimum atomic E-state index is -0.360. The van der Waals surface area contributed by atoms with E-state index in [1.165, 1.54) is 5.56 Å².